The molecule has 164 valence electrons. The van der Waals surface area contributed by atoms with E-state index >= 15 is 0 Å². The molecule has 2 aromatic carbocycles. The average molecular weight is 422 g/mol. The van der Waals surface area contributed by atoms with E-state index in [9.17, 15) is 9.59 Å². The smallest absolute Gasteiger partial charge is 0.251 e. The summed E-state index contributed by atoms with van der Waals surface area (Å²) in [6.07, 6.45) is 3.90. The molecule has 0 saturated heterocycles. The predicted molar refractivity (Wildman–Crippen MR) is 124 cm³/mol. The first-order valence-electron chi connectivity index (χ1n) is 10.7. The number of amides is 2. The van der Waals surface area contributed by atoms with E-state index in [2.05, 4.69) is 26.3 Å². The lowest BCUT2D eigenvalue weighted by atomic mass is 9.85. The van der Waals surface area contributed by atoms with Crippen LogP contribution < -0.4 is 21.3 Å². The third-order valence-corrected chi connectivity index (χ3v) is 5.48. The van der Waals surface area contributed by atoms with E-state index in [1.807, 2.05) is 42.5 Å². The Hall–Kier alpha value is -3.35. The molecule has 2 aromatic rings. The van der Waals surface area contributed by atoms with Crippen molar-refractivity contribution in [3.63, 3.8) is 0 Å². The first-order chi connectivity index (χ1) is 15.1. The van der Waals surface area contributed by atoms with Crippen molar-refractivity contribution in [2.75, 3.05) is 26.0 Å². The Morgan fingerprint density at radius 2 is 1.81 bits per heavy atom. The summed E-state index contributed by atoms with van der Waals surface area (Å²) in [5.74, 6) is 0.904. The Morgan fingerprint density at radius 1 is 1.03 bits per heavy atom. The van der Waals surface area contributed by atoms with Crippen LogP contribution in [0, 0.1) is 5.92 Å². The molecule has 7 nitrogen and oxygen atoms in total. The molecule has 3 rings (SSSR count). The number of carbonyl (C=O) groups excluding carboxylic acids is 2. The maximum Gasteiger partial charge on any atom is 0.251 e. The number of hydrogen-bond acceptors (Lipinski definition) is 3. The van der Waals surface area contributed by atoms with E-state index in [0.29, 0.717) is 24.6 Å². The fraction of sp³-hybridized carbons (Fsp3) is 0.375. The molecule has 0 bridgehead atoms. The number of nitrogens with one attached hydrogen (secondary N) is 4. The standard InChI is InChI=1S/C24H31N5O2/c1-25-22(30)20-10-3-6-17(14-20)12-13-27-24(26-2)28-16-18-7-4-11-21(15-18)29-23(31)19-8-5-9-19/h3-4,6-7,10-11,14-15,19H,5,8-9,12-13,16H2,1-2H3,(H,25,30)(H,29,31)(H2,26,27,28). The highest BCUT2D eigenvalue weighted by molar-refractivity contribution is 5.94. The van der Waals surface area contributed by atoms with Gasteiger partial charge in [0.05, 0.1) is 0 Å². The van der Waals surface area contributed by atoms with Crippen LogP contribution in [0.25, 0.3) is 0 Å². The Kier molecular flexibility index (Phi) is 8.04. The molecule has 1 fully saturated rings. The highest BCUT2D eigenvalue weighted by Crippen LogP contribution is 2.27. The lowest BCUT2D eigenvalue weighted by Gasteiger charge is -2.24. The summed E-state index contributed by atoms with van der Waals surface area (Å²) in [7, 11) is 3.36. The van der Waals surface area contributed by atoms with Crippen LogP contribution in [0.15, 0.2) is 53.5 Å². The number of guanidine groups is 1. The van der Waals surface area contributed by atoms with Crippen molar-refractivity contribution in [3.8, 4) is 0 Å². The third-order valence-electron chi connectivity index (χ3n) is 5.48. The highest BCUT2D eigenvalue weighted by atomic mass is 16.2. The van der Waals surface area contributed by atoms with Crippen molar-refractivity contribution in [2.45, 2.75) is 32.2 Å². The van der Waals surface area contributed by atoms with Crippen LogP contribution >= 0.6 is 0 Å². The third kappa shape index (κ3) is 6.57. The van der Waals surface area contributed by atoms with Crippen LogP contribution in [0.4, 0.5) is 5.69 Å². The molecular formula is C24H31N5O2. The zero-order chi connectivity index (χ0) is 22.1. The number of rotatable bonds is 8. The quantitative estimate of drug-likeness (QED) is 0.389. The van der Waals surface area contributed by atoms with Gasteiger partial charge in [0.1, 0.15) is 0 Å². The predicted octanol–water partition coefficient (Wildman–Crippen LogP) is 2.69. The van der Waals surface area contributed by atoms with Crippen molar-refractivity contribution in [3.05, 3.63) is 65.2 Å². The first kappa shape index (κ1) is 22.3. The van der Waals surface area contributed by atoms with Gasteiger partial charge in [0.2, 0.25) is 5.91 Å². The fourth-order valence-corrected chi connectivity index (χ4v) is 3.42. The van der Waals surface area contributed by atoms with E-state index in [4.69, 9.17) is 0 Å². The van der Waals surface area contributed by atoms with E-state index in [-0.39, 0.29) is 17.7 Å². The molecule has 7 heteroatoms. The maximum atomic E-state index is 12.2. The van der Waals surface area contributed by atoms with Gasteiger partial charge in [-0.15, -0.1) is 0 Å². The topological polar surface area (TPSA) is 94.6 Å². The molecule has 4 N–H and O–H groups in total. The Balaban J connectivity index is 1.46. The molecule has 31 heavy (non-hydrogen) atoms. The van der Waals surface area contributed by atoms with Gasteiger partial charge in [-0.25, -0.2) is 0 Å². The minimum absolute atomic E-state index is 0.0848. The van der Waals surface area contributed by atoms with Gasteiger partial charge in [0.15, 0.2) is 5.96 Å². The van der Waals surface area contributed by atoms with Crippen molar-refractivity contribution >= 4 is 23.5 Å². The van der Waals surface area contributed by atoms with Crippen LogP contribution in [0.3, 0.4) is 0 Å². The Morgan fingerprint density at radius 3 is 2.52 bits per heavy atom. The van der Waals surface area contributed by atoms with Gasteiger partial charge in [-0.2, -0.15) is 0 Å². The highest BCUT2D eigenvalue weighted by Gasteiger charge is 2.25. The van der Waals surface area contributed by atoms with Crippen molar-refractivity contribution < 1.29 is 9.59 Å². The van der Waals surface area contributed by atoms with Gasteiger partial charge in [-0.1, -0.05) is 30.7 Å². The van der Waals surface area contributed by atoms with Crippen molar-refractivity contribution in [2.24, 2.45) is 10.9 Å². The number of anilines is 1. The zero-order valence-corrected chi connectivity index (χ0v) is 18.2. The molecule has 0 heterocycles. The van der Waals surface area contributed by atoms with Gasteiger partial charge >= 0.3 is 0 Å². The van der Waals surface area contributed by atoms with Gasteiger partial charge in [0.25, 0.3) is 5.91 Å². The molecule has 2 amide bonds. The van der Waals surface area contributed by atoms with Crippen molar-refractivity contribution in [1.82, 2.24) is 16.0 Å². The monoisotopic (exact) mass is 421 g/mol. The average Bonchev–Trinajstić information content (AvgIpc) is 2.74. The van der Waals surface area contributed by atoms with Gasteiger partial charge in [0, 0.05) is 44.4 Å². The number of nitrogens with zero attached hydrogens (tertiary/aromatic N) is 1. The summed E-state index contributed by atoms with van der Waals surface area (Å²) < 4.78 is 0. The molecule has 0 aliphatic heterocycles. The van der Waals surface area contributed by atoms with E-state index in [1.54, 1.807) is 20.2 Å². The molecule has 0 radical (unpaired) electrons. The van der Waals surface area contributed by atoms with Crippen LogP contribution in [0.2, 0.25) is 0 Å². The SMILES string of the molecule is CN=C(NCCc1cccc(C(=O)NC)c1)NCc1cccc(NC(=O)C2CCC2)c1. The molecule has 0 aromatic heterocycles. The number of carbonyl (C=O) groups is 2. The number of hydrogen-bond donors (Lipinski definition) is 4. The molecule has 1 aliphatic carbocycles. The van der Waals surface area contributed by atoms with Crippen LogP contribution in [0.1, 0.15) is 40.7 Å². The molecule has 1 aliphatic rings. The lowest BCUT2D eigenvalue weighted by Crippen LogP contribution is -2.37. The Bertz CT molecular complexity index is 937. The summed E-state index contributed by atoms with van der Waals surface area (Å²) >= 11 is 0. The van der Waals surface area contributed by atoms with E-state index in [0.717, 1.165) is 42.5 Å². The molecule has 0 spiro atoms. The summed E-state index contributed by atoms with van der Waals surface area (Å²) in [4.78, 5) is 28.2. The van der Waals surface area contributed by atoms with Crippen molar-refractivity contribution in [1.29, 1.82) is 0 Å². The summed E-state index contributed by atoms with van der Waals surface area (Å²) in [5, 5.41) is 12.3. The number of aliphatic imine (C=N–C) groups is 1. The number of benzene rings is 2. The second kappa shape index (κ2) is 11.2. The minimum Gasteiger partial charge on any atom is -0.356 e. The van der Waals surface area contributed by atoms with E-state index < -0.39 is 0 Å². The molecule has 0 atom stereocenters. The van der Waals surface area contributed by atoms with Crippen LogP contribution in [-0.4, -0.2) is 38.4 Å². The minimum atomic E-state index is -0.0848. The zero-order valence-electron chi connectivity index (χ0n) is 18.2. The maximum absolute atomic E-state index is 12.2. The summed E-state index contributed by atoms with van der Waals surface area (Å²) in [6, 6.07) is 15.5. The van der Waals surface area contributed by atoms with Gasteiger partial charge in [-0.05, 0) is 54.7 Å². The van der Waals surface area contributed by atoms with E-state index in [1.165, 1.54) is 0 Å². The second-order valence-electron chi connectivity index (χ2n) is 7.70. The van der Waals surface area contributed by atoms with Gasteiger partial charge in [-0.3, -0.25) is 14.6 Å². The van der Waals surface area contributed by atoms with Crippen LogP contribution in [-0.2, 0) is 17.8 Å². The first-order valence-corrected chi connectivity index (χ1v) is 10.7. The molecule has 1 saturated carbocycles. The lowest BCUT2D eigenvalue weighted by molar-refractivity contribution is -0.122. The van der Waals surface area contributed by atoms with Crippen LogP contribution in [0.5, 0.6) is 0 Å². The normalized spacial score (nSPS) is 13.8. The summed E-state index contributed by atoms with van der Waals surface area (Å²) in [6.45, 7) is 1.29. The largest absolute Gasteiger partial charge is 0.356 e. The second-order valence-corrected chi connectivity index (χ2v) is 7.70. The summed E-state index contributed by atoms with van der Waals surface area (Å²) in [5.41, 5.74) is 3.63. The molecular weight excluding hydrogens is 390 g/mol. The van der Waals surface area contributed by atoms with Gasteiger partial charge < -0.3 is 21.3 Å². The fourth-order valence-electron chi connectivity index (χ4n) is 3.42. The molecule has 0 unspecified atom stereocenters. The Labute approximate surface area is 183 Å².